The Morgan fingerprint density at radius 3 is 2.80 bits per heavy atom. The molecule has 2 aromatic rings. The minimum atomic E-state index is -0.0820. The Kier molecular flexibility index (Phi) is 4.74. The first kappa shape index (κ1) is 14.5. The largest absolute Gasteiger partial charge is 0.497 e. The van der Waals surface area contributed by atoms with Crippen LogP contribution in [-0.2, 0) is 6.54 Å². The summed E-state index contributed by atoms with van der Waals surface area (Å²) in [6.07, 6.45) is 1.72. The number of methoxy groups -OCH3 is 1. The minimum absolute atomic E-state index is 0.0820. The van der Waals surface area contributed by atoms with Crippen LogP contribution in [0.4, 0.5) is 0 Å². The van der Waals surface area contributed by atoms with Gasteiger partial charge in [-0.3, -0.25) is 9.78 Å². The predicted octanol–water partition coefficient (Wildman–Crippen LogP) is 3.12. The Morgan fingerprint density at radius 2 is 2.15 bits per heavy atom. The molecule has 1 aromatic carbocycles. The second-order valence-corrected chi connectivity index (χ2v) is 5.18. The van der Waals surface area contributed by atoms with E-state index in [0.717, 1.165) is 10.2 Å². The van der Waals surface area contributed by atoms with Crippen LogP contribution in [0.3, 0.4) is 0 Å². The number of amides is 1. The van der Waals surface area contributed by atoms with Crippen molar-refractivity contribution >= 4 is 21.8 Å². The maximum Gasteiger partial charge on any atom is 0.255 e. The number of rotatable bonds is 4. The first-order chi connectivity index (χ1) is 9.61. The van der Waals surface area contributed by atoms with Gasteiger partial charge in [0.15, 0.2) is 0 Å². The average Bonchev–Trinajstić information content (AvgIpc) is 2.48. The van der Waals surface area contributed by atoms with Crippen LogP contribution >= 0.6 is 15.9 Å². The molecule has 0 atom stereocenters. The Labute approximate surface area is 126 Å². The van der Waals surface area contributed by atoms with E-state index >= 15 is 0 Å². The summed E-state index contributed by atoms with van der Waals surface area (Å²) in [7, 11) is 3.33. The standard InChI is InChI=1S/C15H15BrN2O2/c1-18(10-11-5-3-4-8-17-11)15(19)13-9-12(20-2)6-7-14(13)16/h3-9H,10H2,1-2H3. The van der Waals surface area contributed by atoms with Crippen molar-refractivity contribution in [2.75, 3.05) is 14.2 Å². The summed E-state index contributed by atoms with van der Waals surface area (Å²) >= 11 is 3.40. The van der Waals surface area contributed by atoms with Crippen molar-refractivity contribution in [3.05, 3.63) is 58.3 Å². The number of pyridine rings is 1. The molecule has 0 radical (unpaired) electrons. The van der Waals surface area contributed by atoms with Crippen LogP contribution in [0.25, 0.3) is 0 Å². The van der Waals surface area contributed by atoms with Crippen molar-refractivity contribution < 1.29 is 9.53 Å². The van der Waals surface area contributed by atoms with E-state index in [1.807, 2.05) is 18.2 Å². The third kappa shape index (κ3) is 3.36. The number of carbonyl (C=O) groups is 1. The van der Waals surface area contributed by atoms with Gasteiger partial charge < -0.3 is 9.64 Å². The van der Waals surface area contributed by atoms with Crippen molar-refractivity contribution in [1.29, 1.82) is 0 Å². The Hall–Kier alpha value is -1.88. The monoisotopic (exact) mass is 334 g/mol. The number of halogens is 1. The summed E-state index contributed by atoms with van der Waals surface area (Å²) in [5, 5.41) is 0. The van der Waals surface area contributed by atoms with Gasteiger partial charge in [-0.15, -0.1) is 0 Å². The lowest BCUT2D eigenvalue weighted by Gasteiger charge is -2.18. The quantitative estimate of drug-likeness (QED) is 0.862. The van der Waals surface area contributed by atoms with Crippen LogP contribution in [-0.4, -0.2) is 29.9 Å². The fraction of sp³-hybridized carbons (Fsp3) is 0.200. The van der Waals surface area contributed by atoms with Gasteiger partial charge in [-0.2, -0.15) is 0 Å². The minimum Gasteiger partial charge on any atom is -0.497 e. The molecule has 104 valence electrons. The SMILES string of the molecule is COc1ccc(Br)c(C(=O)N(C)Cc2ccccn2)c1. The normalized spacial score (nSPS) is 10.2. The van der Waals surface area contributed by atoms with E-state index in [1.54, 1.807) is 43.5 Å². The highest BCUT2D eigenvalue weighted by Crippen LogP contribution is 2.23. The van der Waals surface area contributed by atoms with E-state index in [2.05, 4.69) is 20.9 Å². The summed E-state index contributed by atoms with van der Waals surface area (Å²) in [6.45, 7) is 0.462. The van der Waals surface area contributed by atoms with E-state index in [9.17, 15) is 4.79 Å². The Bertz CT molecular complexity index is 602. The molecule has 4 nitrogen and oxygen atoms in total. The van der Waals surface area contributed by atoms with Crippen molar-refractivity contribution in [2.45, 2.75) is 6.54 Å². The fourth-order valence-electron chi connectivity index (χ4n) is 1.81. The predicted molar refractivity (Wildman–Crippen MR) is 80.7 cm³/mol. The Balaban J connectivity index is 2.18. The molecule has 1 heterocycles. The number of hydrogen-bond donors (Lipinski definition) is 0. The molecule has 0 fully saturated rings. The van der Waals surface area contributed by atoms with Gasteiger partial charge in [-0.1, -0.05) is 6.07 Å². The molecule has 0 saturated heterocycles. The summed E-state index contributed by atoms with van der Waals surface area (Å²) < 4.78 is 5.90. The second-order valence-electron chi connectivity index (χ2n) is 4.33. The topological polar surface area (TPSA) is 42.4 Å². The Morgan fingerprint density at radius 1 is 1.35 bits per heavy atom. The average molecular weight is 335 g/mol. The molecule has 0 saturated carbocycles. The van der Waals surface area contributed by atoms with Gasteiger partial charge in [0.05, 0.1) is 24.9 Å². The van der Waals surface area contributed by atoms with Crippen LogP contribution in [0.15, 0.2) is 47.1 Å². The van der Waals surface area contributed by atoms with Gasteiger partial charge in [0.25, 0.3) is 5.91 Å². The summed E-state index contributed by atoms with van der Waals surface area (Å²) in [5.41, 5.74) is 1.42. The van der Waals surface area contributed by atoms with E-state index < -0.39 is 0 Å². The van der Waals surface area contributed by atoms with Gasteiger partial charge in [-0.25, -0.2) is 0 Å². The molecule has 2 rings (SSSR count). The van der Waals surface area contributed by atoms with Crippen LogP contribution in [0.5, 0.6) is 5.75 Å². The maximum absolute atomic E-state index is 12.5. The molecule has 0 aliphatic rings. The molecule has 0 unspecified atom stereocenters. The number of nitrogens with zero attached hydrogens (tertiary/aromatic N) is 2. The van der Waals surface area contributed by atoms with Crippen molar-refractivity contribution in [3.63, 3.8) is 0 Å². The third-order valence-electron chi connectivity index (χ3n) is 2.88. The van der Waals surface area contributed by atoms with Crippen molar-refractivity contribution in [3.8, 4) is 5.75 Å². The van der Waals surface area contributed by atoms with Gasteiger partial charge in [0.2, 0.25) is 0 Å². The van der Waals surface area contributed by atoms with Crippen molar-refractivity contribution in [2.24, 2.45) is 0 Å². The summed E-state index contributed by atoms with van der Waals surface area (Å²) in [4.78, 5) is 18.3. The van der Waals surface area contributed by atoms with Crippen LogP contribution in [0.1, 0.15) is 16.1 Å². The highest BCUT2D eigenvalue weighted by atomic mass is 79.9. The smallest absolute Gasteiger partial charge is 0.255 e. The summed E-state index contributed by atoms with van der Waals surface area (Å²) in [6, 6.07) is 11.0. The lowest BCUT2D eigenvalue weighted by Crippen LogP contribution is -2.26. The van der Waals surface area contributed by atoms with Gasteiger partial charge in [0.1, 0.15) is 5.75 Å². The number of carbonyl (C=O) groups excluding carboxylic acids is 1. The lowest BCUT2D eigenvalue weighted by molar-refractivity contribution is 0.0782. The zero-order chi connectivity index (χ0) is 14.5. The lowest BCUT2D eigenvalue weighted by atomic mass is 10.2. The van der Waals surface area contributed by atoms with Gasteiger partial charge in [0, 0.05) is 17.7 Å². The van der Waals surface area contributed by atoms with Crippen LogP contribution < -0.4 is 4.74 Å². The molecular formula is C15H15BrN2O2. The molecule has 20 heavy (non-hydrogen) atoms. The van der Waals surface area contributed by atoms with E-state index in [-0.39, 0.29) is 5.91 Å². The first-order valence-electron chi connectivity index (χ1n) is 6.10. The highest BCUT2D eigenvalue weighted by molar-refractivity contribution is 9.10. The van der Waals surface area contributed by atoms with E-state index in [1.165, 1.54) is 0 Å². The molecule has 0 bridgehead atoms. The zero-order valence-corrected chi connectivity index (χ0v) is 12.9. The fourth-order valence-corrected chi connectivity index (χ4v) is 2.22. The van der Waals surface area contributed by atoms with Crippen LogP contribution in [0, 0.1) is 0 Å². The first-order valence-corrected chi connectivity index (χ1v) is 6.90. The maximum atomic E-state index is 12.5. The molecular weight excluding hydrogens is 320 g/mol. The van der Waals surface area contributed by atoms with Gasteiger partial charge >= 0.3 is 0 Å². The molecule has 1 amide bonds. The van der Waals surface area contributed by atoms with Crippen LogP contribution in [0.2, 0.25) is 0 Å². The second kappa shape index (κ2) is 6.52. The van der Waals surface area contributed by atoms with Crippen molar-refractivity contribution in [1.82, 2.24) is 9.88 Å². The van der Waals surface area contributed by atoms with E-state index in [4.69, 9.17) is 4.74 Å². The number of hydrogen-bond acceptors (Lipinski definition) is 3. The molecule has 0 spiro atoms. The highest BCUT2D eigenvalue weighted by Gasteiger charge is 2.16. The number of benzene rings is 1. The molecule has 0 aliphatic heterocycles. The molecule has 1 aromatic heterocycles. The molecule has 0 N–H and O–H groups in total. The number of ether oxygens (including phenoxy) is 1. The molecule has 0 aliphatic carbocycles. The summed E-state index contributed by atoms with van der Waals surface area (Å²) in [5.74, 6) is 0.573. The molecule has 5 heteroatoms. The number of aromatic nitrogens is 1. The van der Waals surface area contributed by atoms with Gasteiger partial charge in [-0.05, 0) is 46.3 Å². The third-order valence-corrected chi connectivity index (χ3v) is 3.57. The van der Waals surface area contributed by atoms with E-state index in [0.29, 0.717) is 17.9 Å². The zero-order valence-electron chi connectivity index (χ0n) is 11.3.